The molecule has 0 bridgehead atoms. The van der Waals surface area contributed by atoms with Gasteiger partial charge in [0.15, 0.2) is 17.3 Å². The fourth-order valence-corrected chi connectivity index (χ4v) is 2.08. The predicted octanol–water partition coefficient (Wildman–Crippen LogP) is 3.68. The van der Waals surface area contributed by atoms with Crippen LogP contribution in [0.2, 0.25) is 10.3 Å². The molecule has 102 valence electrons. The molecule has 20 heavy (non-hydrogen) atoms. The summed E-state index contributed by atoms with van der Waals surface area (Å²) >= 11 is 11.6. The zero-order valence-corrected chi connectivity index (χ0v) is 11.1. The van der Waals surface area contributed by atoms with Crippen LogP contribution in [-0.2, 0) is 0 Å². The summed E-state index contributed by atoms with van der Waals surface area (Å²) in [6.45, 7) is 0. The molecule has 0 amide bonds. The molecule has 0 aliphatic carbocycles. The monoisotopic (exact) mass is 315 g/mol. The summed E-state index contributed by atoms with van der Waals surface area (Å²) in [5.74, 6) is -1.44. The lowest BCUT2D eigenvalue weighted by Gasteiger charge is -2.09. The van der Waals surface area contributed by atoms with Crippen LogP contribution in [0.1, 0.15) is 0 Å². The summed E-state index contributed by atoms with van der Waals surface area (Å²) in [7, 11) is 0. The quantitative estimate of drug-likeness (QED) is 0.708. The van der Waals surface area contributed by atoms with Gasteiger partial charge in [0.05, 0.1) is 17.0 Å². The summed E-state index contributed by atoms with van der Waals surface area (Å²) < 4.78 is 26.7. The average Bonchev–Trinajstić information content (AvgIpc) is 2.81. The molecule has 0 radical (unpaired) electrons. The maximum atomic E-state index is 13.7. The number of aromatic amines is 1. The highest BCUT2D eigenvalue weighted by Crippen LogP contribution is 2.31. The van der Waals surface area contributed by atoms with Gasteiger partial charge in [0.1, 0.15) is 11.3 Å². The molecular formula is C11H5Cl2F2N5. The Morgan fingerprint density at radius 2 is 1.95 bits per heavy atom. The summed E-state index contributed by atoms with van der Waals surface area (Å²) in [4.78, 5) is 14.5. The van der Waals surface area contributed by atoms with Gasteiger partial charge in [0, 0.05) is 6.07 Å². The second-order valence-electron chi connectivity index (χ2n) is 3.81. The molecule has 0 unspecified atom stereocenters. The maximum absolute atomic E-state index is 13.7. The lowest BCUT2D eigenvalue weighted by Crippen LogP contribution is -2.00. The minimum atomic E-state index is -0.850. The Bertz CT molecular complexity index is 782. The fraction of sp³-hybridized carbons (Fsp3) is 0. The first kappa shape index (κ1) is 13.0. The topological polar surface area (TPSA) is 66.5 Å². The second-order valence-corrected chi connectivity index (χ2v) is 4.56. The van der Waals surface area contributed by atoms with Crippen LogP contribution < -0.4 is 5.32 Å². The molecule has 0 aliphatic rings. The Labute approximate surface area is 121 Å². The Balaban J connectivity index is 2.12. The molecule has 3 rings (SSSR count). The van der Waals surface area contributed by atoms with Crippen molar-refractivity contribution in [2.24, 2.45) is 0 Å². The van der Waals surface area contributed by atoms with Crippen molar-refractivity contribution in [3.63, 3.8) is 0 Å². The lowest BCUT2D eigenvalue weighted by atomic mass is 10.3. The van der Waals surface area contributed by atoms with E-state index in [0.717, 1.165) is 6.07 Å². The van der Waals surface area contributed by atoms with Crippen LogP contribution in [0.4, 0.5) is 20.3 Å². The fourth-order valence-electron chi connectivity index (χ4n) is 1.68. The number of nitrogens with zero attached hydrogens (tertiary/aromatic N) is 3. The molecule has 1 aromatic carbocycles. The average molecular weight is 316 g/mol. The van der Waals surface area contributed by atoms with Crippen molar-refractivity contribution in [3.8, 4) is 0 Å². The van der Waals surface area contributed by atoms with Crippen molar-refractivity contribution >= 4 is 45.9 Å². The van der Waals surface area contributed by atoms with Crippen LogP contribution in [0.25, 0.3) is 11.2 Å². The normalized spacial score (nSPS) is 11.0. The van der Waals surface area contributed by atoms with Gasteiger partial charge in [-0.05, 0) is 17.7 Å². The van der Waals surface area contributed by atoms with Crippen molar-refractivity contribution in [1.82, 2.24) is 19.9 Å². The van der Waals surface area contributed by atoms with E-state index in [1.807, 2.05) is 0 Å². The predicted molar refractivity (Wildman–Crippen MR) is 71.3 cm³/mol. The summed E-state index contributed by atoms with van der Waals surface area (Å²) in [5, 5.41) is 2.47. The highest BCUT2D eigenvalue weighted by atomic mass is 35.5. The van der Waals surface area contributed by atoms with Gasteiger partial charge in [-0.15, -0.1) is 0 Å². The molecule has 0 atom stereocenters. The lowest BCUT2D eigenvalue weighted by molar-refractivity contribution is 0.586. The number of rotatable bonds is 2. The number of halogens is 4. The van der Waals surface area contributed by atoms with Gasteiger partial charge in [-0.25, -0.2) is 13.8 Å². The second kappa shape index (κ2) is 4.84. The highest BCUT2D eigenvalue weighted by Gasteiger charge is 2.14. The first-order valence-electron chi connectivity index (χ1n) is 5.33. The zero-order valence-electron chi connectivity index (χ0n) is 9.59. The van der Waals surface area contributed by atoms with Gasteiger partial charge < -0.3 is 10.3 Å². The van der Waals surface area contributed by atoms with Gasteiger partial charge in [0.25, 0.3) is 0 Å². The van der Waals surface area contributed by atoms with Crippen LogP contribution >= 0.6 is 23.2 Å². The molecule has 0 saturated heterocycles. The molecular weight excluding hydrogens is 311 g/mol. The summed E-state index contributed by atoms with van der Waals surface area (Å²) in [6, 6.07) is 1.70. The van der Waals surface area contributed by atoms with Crippen molar-refractivity contribution in [3.05, 3.63) is 40.4 Å². The molecule has 0 fully saturated rings. The summed E-state index contributed by atoms with van der Waals surface area (Å²) in [5.41, 5.74) is 0.624. The van der Waals surface area contributed by atoms with Crippen molar-refractivity contribution in [1.29, 1.82) is 0 Å². The number of imidazole rings is 1. The minimum absolute atomic E-state index is 0.0641. The van der Waals surface area contributed by atoms with Gasteiger partial charge >= 0.3 is 0 Å². The molecule has 0 spiro atoms. The third-order valence-electron chi connectivity index (χ3n) is 2.51. The molecule has 2 N–H and O–H groups in total. The van der Waals surface area contributed by atoms with E-state index in [-0.39, 0.29) is 21.8 Å². The Kier molecular flexibility index (Phi) is 3.15. The minimum Gasteiger partial charge on any atom is -0.340 e. The van der Waals surface area contributed by atoms with Gasteiger partial charge in [-0.2, -0.15) is 9.97 Å². The van der Waals surface area contributed by atoms with Gasteiger partial charge in [-0.3, -0.25) is 0 Å². The number of H-pyrrole nitrogens is 1. The van der Waals surface area contributed by atoms with E-state index in [0.29, 0.717) is 17.2 Å². The largest absolute Gasteiger partial charge is 0.340 e. The van der Waals surface area contributed by atoms with Crippen LogP contribution in [0, 0.1) is 11.6 Å². The van der Waals surface area contributed by atoms with E-state index >= 15 is 0 Å². The molecule has 9 heteroatoms. The highest BCUT2D eigenvalue weighted by molar-refractivity contribution is 6.33. The number of hydrogen-bond acceptors (Lipinski definition) is 4. The Morgan fingerprint density at radius 1 is 1.15 bits per heavy atom. The molecule has 3 aromatic rings. The van der Waals surface area contributed by atoms with Crippen molar-refractivity contribution < 1.29 is 8.78 Å². The van der Waals surface area contributed by atoms with E-state index in [1.165, 1.54) is 6.33 Å². The number of nitrogens with one attached hydrogen (secondary N) is 2. The maximum Gasteiger partial charge on any atom is 0.226 e. The van der Waals surface area contributed by atoms with E-state index < -0.39 is 11.6 Å². The number of fused-ring (bicyclic) bond motifs is 1. The third-order valence-corrected chi connectivity index (χ3v) is 2.98. The molecule has 0 saturated carbocycles. The molecule has 2 heterocycles. The molecule has 0 aliphatic heterocycles. The number of anilines is 2. The molecule has 2 aromatic heterocycles. The Morgan fingerprint density at radius 3 is 2.70 bits per heavy atom. The summed E-state index contributed by atoms with van der Waals surface area (Å²) in [6.07, 6.45) is 1.39. The first-order chi connectivity index (χ1) is 9.54. The van der Waals surface area contributed by atoms with Crippen molar-refractivity contribution in [2.75, 3.05) is 5.32 Å². The smallest absolute Gasteiger partial charge is 0.226 e. The van der Waals surface area contributed by atoms with Crippen molar-refractivity contribution in [2.45, 2.75) is 0 Å². The molecule has 5 nitrogen and oxygen atoms in total. The first-order valence-corrected chi connectivity index (χ1v) is 6.08. The number of benzene rings is 1. The van der Waals surface area contributed by atoms with E-state index in [1.54, 1.807) is 0 Å². The zero-order chi connectivity index (χ0) is 14.3. The van der Waals surface area contributed by atoms with Crippen LogP contribution in [0.5, 0.6) is 0 Å². The van der Waals surface area contributed by atoms with Gasteiger partial charge in [0.2, 0.25) is 5.28 Å². The van der Waals surface area contributed by atoms with Gasteiger partial charge in [-0.1, -0.05) is 11.6 Å². The Hall–Kier alpha value is -1.99. The van der Waals surface area contributed by atoms with E-state index in [2.05, 4.69) is 25.3 Å². The number of hydrogen-bond donors (Lipinski definition) is 2. The SMILES string of the molecule is Fc1cc(F)c(Nc2nc(Cl)nc3nc[nH]c23)c(Cl)c1. The van der Waals surface area contributed by atoms with Crippen LogP contribution in [0.15, 0.2) is 18.5 Å². The standard InChI is InChI=1S/C11H5Cl2F2N5/c12-5-1-4(14)2-6(15)7(5)18-10-8-9(17-3-16-8)19-11(13)20-10/h1-3H,(H2,16,17,18,19,20). The van der Waals surface area contributed by atoms with E-state index in [4.69, 9.17) is 23.2 Å². The van der Waals surface area contributed by atoms with Crippen LogP contribution in [-0.4, -0.2) is 19.9 Å². The van der Waals surface area contributed by atoms with E-state index in [9.17, 15) is 8.78 Å². The van der Waals surface area contributed by atoms with Crippen LogP contribution in [0.3, 0.4) is 0 Å². The third kappa shape index (κ3) is 2.25. The number of aromatic nitrogens is 4.